The Balaban J connectivity index is 1.78. The van der Waals surface area contributed by atoms with Crippen molar-refractivity contribution >= 4 is 15.7 Å². The first kappa shape index (κ1) is 35.5. The minimum Gasteiger partial charge on any atom is -0.497 e. The molecule has 1 fully saturated rings. The maximum atomic E-state index is 10.5. The summed E-state index contributed by atoms with van der Waals surface area (Å²) in [4.78, 5) is 0. The van der Waals surface area contributed by atoms with Crippen LogP contribution in [0.4, 0.5) is 0 Å². The van der Waals surface area contributed by atoms with Crippen LogP contribution >= 0.6 is 8.30 Å². The van der Waals surface area contributed by atoms with Crippen molar-refractivity contribution in [3.63, 3.8) is 0 Å². The van der Waals surface area contributed by atoms with Crippen molar-refractivity contribution in [2.45, 2.75) is 77.1 Å². The molecule has 1 aliphatic rings. The van der Waals surface area contributed by atoms with Gasteiger partial charge in [-0.1, -0.05) is 73.7 Å². The van der Waals surface area contributed by atoms with E-state index in [4.69, 9.17) is 18.7 Å². The molecule has 10 heteroatoms. The van der Waals surface area contributed by atoms with Gasteiger partial charge < -0.3 is 34.2 Å². The number of methoxy groups -OCH3 is 1. The fourth-order valence-electron chi connectivity index (χ4n) is 6.42. The highest BCUT2D eigenvalue weighted by molar-refractivity contribution is 7.49. The Morgan fingerprint density at radius 3 is 2.00 bits per heavy atom. The van der Waals surface area contributed by atoms with Gasteiger partial charge in [0.25, 0.3) is 0 Å². The van der Waals surface area contributed by atoms with E-state index in [2.05, 4.69) is 56.6 Å². The fraction of sp³-hybridized carbons (Fsp3) is 0.486. The smallest absolute Gasteiger partial charge is 0.234 e. The number of aliphatic hydroxyl groups excluding tert-OH is 2. The number of hydrogen-bond donors (Lipinski definition) is 3. The maximum absolute atomic E-state index is 10.5. The van der Waals surface area contributed by atoms with Crippen LogP contribution in [0.5, 0.6) is 5.75 Å². The molecule has 0 aliphatic carbocycles. The van der Waals surface area contributed by atoms with Crippen molar-refractivity contribution in [1.29, 1.82) is 0 Å². The zero-order chi connectivity index (χ0) is 32.6. The first-order chi connectivity index (χ1) is 21.7. The topological polar surface area (TPSA) is 92.7 Å². The molecular formula is C35H50BN2O6P. The van der Waals surface area contributed by atoms with Gasteiger partial charge in [-0.2, -0.15) is 0 Å². The van der Waals surface area contributed by atoms with E-state index in [9.17, 15) is 10.2 Å². The van der Waals surface area contributed by atoms with E-state index >= 15 is 0 Å². The predicted octanol–water partition coefficient (Wildman–Crippen LogP) is 5.19. The fourth-order valence-corrected chi connectivity index (χ4v) is 8.38. The van der Waals surface area contributed by atoms with Crippen LogP contribution in [0.1, 0.15) is 56.9 Å². The van der Waals surface area contributed by atoms with Gasteiger partial charge >= 0.3 is 0 Å². The number of rotatable bonds is 16. The van der Waals surface area contributed by atoms with Crippen molar-refractivity contribution < 1.29 is 28.9 Å². The Morgan fingerprint density at radius 2 is 1.49 bits per heavy atom. The molecule has 3 unspecified atom stereocenters. The van der Waals surface area contributed by atoms with Crippen LogP contribution in [0.25, 0.3) is 0 Å². The Bertz CT molecular complexity index is 1240. The van der Waals surface area contributed by atoms with E-state index in [1.165, 1.54) is 0 Å². The van der Waals surface area contributed by atoms with Crippen molar-refractivity contribution in [3.05, 3.63) is 101 Å². The lowest BCUT2D eigenvalue weighted by atomic mass is 9.77. The van der Waals surface area contributed by atoms with Gasteiger partial charge in [-0.05, 0) is 69.1 Å². The molecule has 1 heterocycles. The quantitative estimate of drug-likeness (QED) is 0.112. The summed E-state index contributed by atoms with van der Waals surface area (Å²) in [5, 5.41) is 23.6. The third-order valence-corrected chi connectivity index (χ3v) is 10.8. The third-order valence-electron chi connectivity index (χ3n) is 8.59. The number of aliphatic hydroxyl groups is 2. The van der Waals surface area contributed by atoms with E-state index in [1.54, 1.807) is 7.11 Å². The monoisotopic (exact) mass is 636 g/mol. The lowest BCUT2D eigenvalue weighted by Gasteiger charge is -2.40. The van der Waals surface area contributed by atoms with Crippen molar-refractivity contribution in [2.75, 3.05) is 27.1 Å². The number of ether oxygens (including phenoxy) is 3. The van der Waals surface area contributed by atoms with Crippen LogP contribution < -0.4 is 9.96 Å². The molecule has 244 valence electrons. The Hall–Kier alpha value is -2.33. The van der Waals surface area contributed by atoms with E-state index < -0.39 is 13.9 Å². The van der Waals surface area contributed by atoms with Gasteiger partial charge in [0.1, 0.15) is 32.1 Å². The van der Waals surface area contributed by atoms with Crippen LogP contribution in [0.2, 0.25) is 0 Å². The molecule has 45 heavy (non-hydrogen) atoms. The Kier molecular flexibility index (Phi) is 13.0. The molecule has 0 aromatic heterocycles. The van der Waals surface area contributed by atoms with Gasteiger partial charge in [0.05, 0.1) is 32.4 Å². The SMILES string of the molecule is CNB[C@@H]1O[C@H](COC(c2ccccc2)(c2ccc(CO)cc2)c2ccc(OC)cc2)C(OP(CO)N(C(C)C)C(C)C)[C@@H]1C. The van der Waals surface area contributed by atoms with Gasteiger partial charge in [-0.15, -0.1) is 0 Å². The summed E-state index contributed by atoms with van der Waals surface area (Å²) in [5.74, 6) is 0.824. The number of nitrogens with zero attached hydrogens (tertiary/aromatic N) is 1. The number of hydrogen-bond acceptors (Lipinski definition) is 8. The Labute approximate surface area is 271 Å². The zero-order valence-electron chi connectivity index (χ0n) is 27.7. The summed E-state index contributed by atoms with van der Waals surface area (Å²) in [6.07, 6.45) is -0.729. The summed E-state index contributed by atoms with van der Waals surface area (Å²) >= 11 is 0. The highest BCUT2D eigenvalue weighted by atomic mass is 31.2. The highest BCUT2D eigenvalue weighted by Crippen LogP contribution is 2.49. The van der Waals surface area contributed by atoms with E-state index in [1.807, 2.05) is 73.8 Å². The lowest BCUT2D eigenvalue weighted by Crippen LogP contribution is -2.41. The molecule has 3 aromatic rings. The molecule has 3 N–H and O–H groups in total. The molecular weight excluding hydrogens is 586 g/mol. The van der Waals surface area contributed by atoms with E-state index in [0.717, 1.165) is 28.0 Å². The van der Waals surface area contributed by atoms with Gasteiger partial charge in [0.15, 0.2) is 0 Å². The average Bonchev–Trinajstić information content (AvgIpc) is 3.34. The summed E-state index contributed by atoms with van der Waals surface area (Å²) in [6, 6.07) is 26.4. The first-order valence-corrected chi connectivity index (χ1v) is 17.3. The summed E-state index contributed by atoms with van der Waals surface area (Å²) < 4.78 is 28.5. The standard InChI is InChI=1S/C35H50BN2O6P/c1-24(2)38(25(3)4)45(23-40)44-33-26(5)34(36-37-6)43-32(33)22-42-35(28-11-9-8-10-12-28,29-15-13-27(21-39)14-16-29)30-17-19-31(41-7)20-18-30/h8-20,24-26,32-34,36-37,39-40H,21-23H2,1-7H3/t26-,32+,33?,34+,35?,45?/m0/s1. The third kappa shape index (κ3) is 7.98. The second kappa shape index (κ2) is 16.5. The van der Waals surface area contributed by atoms with Crippen molar-refractivity contribution in [3.8, 4) is 5.75 Å². The molecule has 0 radical (unpaired) electrons. The van der Waals surface area contributed by atoms with Crippen LogP contribution in [0, 0.1) is 5.92 Å². The number of nitrogens with one attached hydrogen (secondary N) is 1. The molecule has 0 spiro atoms. The van der Waals surface area contributed by atoms with Crippen molar-refractivity contribution in [1.82, 2.24) is 9.90 Å². The van der Waals surface area contributed by atoms with Gasteiger partial charge in [-0.25, -0.2) is 0 Å². The second-order valence-corrected chi connectivity index (χ2v) is 13.9. The summed E-state index contributed by atoms with van der Waals surface area (Å²) in [5.41, 5.74) is 2.65. The molecule has 0 saturated carbocycles. The molecule has 3 aromatic carbocycles. The van der Waals surface area contributed by atoms with Crippen LogP contribution in [0.15, 0.2) is 78.9 Å². The Morgan fingerprint density at radius 1 is 0.911 bits per heavy atom. The average molecular weight is 637 g/mol. The summed E-state index contributed by atoms with van der Waals surface area (Å²) in [6.45, 7) is 10.9. The summed E-state index contributed by atoms with van der Waals surface area (Å²) in [7, 11) is 2.98. The lowest BCUT2D eigenvalue weighted by molar-refractivity contribution is -0.0705. The number of benzene rings is 3. The molecule has 1 aliphatic heterocycles. The minimum atomic E-state index is -1.28. The maximum Gasteiger partial charge on any atom is 0.234 e. The largest absolute Gasteiger partial charge is 0.497 e. The van der Waals surface area contributed by atoms with Gasteiger partial charge in [0, 0.05) is 18.0 Å². The van der Waals surface area contributed by atoms with Crippen molar-refractivity contribution in [2.24, 2.45) is 5.92 Å². The zero-order valence-corrected chi connectivity index (χ0v) is 28.6. The van der Waals surface area contributed by atoms with E-state index in [0.29, 0.717) is 7.41 Å². The van der Waals surface area contributed by atoms with Crippen LogP contribution in [-0.2, 0) is 26.2 Å². The highest BCUT2D eigenvalue weighted by Gasteiger charge is 2.47. The molecule has 8 nitrogen and oxygen atoms in total. The molecule has 0 amide bonds. The molecule has 1 saturated heterocycles. The molecule has 4 rings (SSSR count). The predicted molar refractivity (Wildman–Crippen MR) is 183 cm³/mol. The van der Waals surface area contributed by atoms with Gasteiger partial charge in [0.2, 0.25) is 7.41 Å². The molecule has 6 atom stereocenters. The molecule has 0 bridgehead atoms. The van der Waals surface area contributed by atoms with E-state index in [-0.39, 0.29) is 55.8 Å². The normalized spacial score (nSPS) is 22.1. The minimum absolute atomic E-state index is 0.0424. The second-order valence-electron chi connectivity index (χ2n) is 12.2. The van der Waals surface area contributed by atoms with Crippen LogP contribution in [0.3, 0.4) is 0 Å². The first-order valence-electron chi connectivity index (χ1n) is 15.9. The van der Waals surface area contributed by atoms with Crippen LogP contribution in [-0.4, -0.2) is 79.7 Å². The van der Waals surface area contributed by atoms with Gasteiger partial charge in [-0.3, -0.25) is 4.67 Å².